The average molecular weight is 438 g/mol. The molecule has 2 aromatic rings. The van der Waals surface area contributed by atoms with Crippen LogP contribution in [-0.4, -0.2) is 40.0 Å². The van der Waals surface area contributed by atoms with Crippen LogP contribution >= 0.6 is 23.1 Å². The van der Waals surface area contributed by atoms with Gasteiger partial charge in [0.1, 0.15) is 4.83 Å². The van der Waals surface area contributed by atoms with Crippen LogP contribution in [0, 0.1) is 6.92 Å². The number of thioether (sulfide) groups is 1. The minimum atomic E-state index is -0.0226. The van der Waals surface area contributed by atoms with Crippen molar-refractivity contribution in [1.29, 1.82) is 0 Å². The van der Waals surface area contributed by atoms with E-state index in [0.717, 1.165) is 59.4 Å². The molecule has 6 nitrogen and oxygen atoms in total. The smallest absolute Gasteiger partial charge is 0.263 e. The number of hydrogen-bond donors (Lipinski definition) is 1. The van der Waals surface area contributed by atoms with E-state index in [0.29, 0.717) is 11.7 Å². The Labute approximate surface area is 180 Å². The first-order valence-electron chi connectivity index (χ1n) is 10.5. The second-order valence-corrected chi connectivity index (χ2v) is 9.81. The van der Waals surface area contributed by atoms with E-state index in [1.807, 2.05) is 13.8 Å². The molecule has 1 fully saturated rings. The largest absolute Gasteiger partial charge is 0.376 e. The van der Waals surface area contributed by atoms with Crippen LogP contribution < -0.4 is 10.9 Å². The Kier molecular flexibility index (Phi) is 7.76. The van der Waals surface area contributed by atoms with E-state index >= 15 is 0 Å². The van der Waals surface area contributed by atoms with E-state index in [1.165, 1.54) is 11.8 Å². The highest BCUT2D eigenvalue weighted by Gasteiger charge is 2.23. The maximum atomic E-state index is 13.4. The number of aromatic nitrogens is 2. The predicted molar refractivity (Wildman–Crippen MR) is 120 cm³/mol. The van der Waals surface area contributed by atoms with Crippen molar-refractivity contribution in [3.8, 4) is 0 Å². The predicted octanol–water partition coefficient (Wildman–Crippen LogP) is 3.90. The van der Waals surface area contributed by atoms with Crippen LogP contribution in [0.4, 0.5) is 0 Å². The zero-order valence-electron chi connectivity index (χ0n) is 17.7. The topological polar surface area (TPSA) is 73.2 Å². The number of carbonyl (C=O) groups is 1. The molecule has 1 aliphatic heterocycles. The zero-order chi connectivity index (χ0) is 21.0. The molecule has 1 N–H and O–H groups in total. The van der Waals surface area contributed by atoms with Crippen molar-refractivity contribution in [2.24, 2.45) is 0 Å². The highest BCUT2D eigenvalue weighted by atomic mass is 32.2. The van der Waals surface area contributed by atoms with Gasteiger partial charge in [0.25, 0.3) is 5.56 Å². The summed E-state index contributed by atoms with van der Waals surface area (Å²) in [6, 6.07) is 0.157. The monoisotopic (exact) mass is 437 g/mol. The van der Waals surface area contributed by atoms with Gasteiger partial charge in [-0.25, -0.2) is 4.98 Å². The first kappa shape index (κ1) is 22.3. The fourth-order valence-electron chi connectivity index (χ4n) is 3.87. The molecule has 29 heavy (non-hydrogen) atoms. The zero-order valence-corrected chi connectivity index (χ0v) is 19.4. The molecule has 0 bridgehead atoms. The van der Waals surface area contributed by atoms with Crippen LogP contribution in [0.5, 0.6) is 0 Å². The molecule has 1 aliphatic rings. The van der Waals surface area contributed by atoms with Gasteiger partial charge in [0.05, 0.1) is 23.8 Å². The molecule has 0 saturated carbocycles. The average Bonchev–Trinajstić information content (AvgIpc) is 3.29. The highest BCUT2D eigenvalue weighted by molar-refractivity contribution is 7.99. The van der Waals surface area contributed by atoms with Crippen molar-refractivity contribution >= 4 is 39.2 Å². The first-order valence-corrected chi connectivity index (χ1v) is 12.3. The van der Waals surface area contributed by atoms with Gasteiger partial charge >= 0.3 is 0 Å². The third-order valence-corrected chi connectivity index (χ3v) is 7.32. The maximum absolute atomic E-state index is 13.4. The normalized spacial score (nSPS) is 17.7. The van der Waals surface area contributed by atoms with E-state index in [1.54, 1.807) is 15.9 Å². The summed E-state index contributed by atoms with van der Waals surface area (Å²) in [5, 5.41) is 4.37. The summed E-state index contributed by atoms with van der Waals surface area (Å²) in [5.74, 6) is 0.230. The van der Waals surface area contributed by atoms with Crippen molar-refractivity contribution in [1.82, 2.24) is 14.9 Å². The van der Waals surface area contributed by atoms with Gasteiger partial charge in [0.2, 0.25) is 5.91 Å². The van der Waals surface area contributed by atoms with Crippen molar-refractivity contribution in [2.75, 3.05) is 12.4 Å². The minimum absolute atomic E-state index is 0.00559. The van der Waals surface area contributed by atoms with Crippen LogP contribution in [-0.2, 0) is 22.5 Å². The molecule has 2 unspecified atom stereocenters. The highest BCUT2D eigenvalue weighted by Crippen LogP contribution is 2.30. The molecule has 3 rings (SSSR count). The number of nitrogens with zero attached hydrogens (tertiary/aromatic N) is 2. The SMILES string of the molecule is CCCC(C)NC(=O)CSc1nc2sc(C)c(CC)c2c(=O)n1CC1CCCO1. The summed E-state index contributed by atoms with van der Waals surface area (Å²) in [6.07, 6.45) is 4.81. The molecule has 0 aliphatic carbocycles. The number of amides is 1. The lowest BCUT2D eigenvalue weighted by molar-refractivity contribution is -0.119. The number of hydrogen-bond acceptors (Lipinski definition) is 6. The number of rotatable bonds is 9. The maximum Gasteiger partial charge on any atom is 0.263 e. The number of carbonyl (C=O) groups excluding carboxylic acids is 1. The molecule has 160 valence electrons. The molecule has 0 aromatic carbocycles. The van der Waals surface area contributed by atoms with Gasteiger partial charge in [-0.3, -0.25) is 14.2 Å². The fraction of sp³-hybridized carbons (Fsp3) is 0.667. The van der Waals surface area contributed by atoms with Crippen molar-refractivity contribution in [3.05, 3.63) is 20.8 Å². The van der Waals surface area contributed by atoms with E-state index in [-0.39, 0.29) is 29.4 Å². The summed E-state index contributed by atoms with van der Waals surface area (Å²) < 4.78 is 7.51. The molecule has 0 radical (unpaired) electrons. The quantitative estimate of drug-likeness (QED) is 0.476. The number of ether oxygens (including phenoxy) is 1. The second kappa shape index (κ2) is 10.1. The van der Waals surface area contributed by atoms with E-state index in [4.69, 9.17) is 9.72 Å². The lowest BCUT2D eigenvalue weighted by Crippen LogP contribution is -2.34. The number of nitrogens with one attached hydrogen (secondary N) is 1. The van der Waals surface area contributed by atoms with Gasteiger partial charge in [-0.1, -0.05) is 32.0 Å². The first-order chi connectivity index (χ1) is 13.9. The Balaban J connectivity index is 1.89. The molecule has 2 aromatic heterocycles. The third kappa shape index (κ3) is 5.22. The number of thiophene rings is 1. The van der Waals surface area contributed by atoms with E-state index in [2.05, 4.69) is 19.2 Å². The molecule has 1 amide bonds. The molecule has 2 atom stereocenters. The summed E-state index contributed by atoms with van der Waals surface area (Å²) in [5.41, 5.74) is 1.08. The van der Waals surface area contributed by atoms with Gasteiger partial charge in [0.15, 0.2) is 5.16 Å². The summed E-state index contributed by atoms with van der Waals surface area (Å²) in [7, 11) is 0. The fourth-order valence-corrected chi connectivity index (χ4v) is 5.85. The minimum Gasteiger partial charge on any atom is -0.376 e. The van der Waals surface area contributed by atoms with Crippen LogP contribution in [0.15, 0.2) is 9.95 Å². The Hall–Kier alpha value is -1.38. The molecule has 3 heterocycles. The van der Waals surface area contributed by atoms with Crippen molar-refractivity contribution in [2.45, 2.75) is 83.6 Å². The van der Waals surface area contributed by atoms with Crippen LogP contribution in [0.2, 0.25) is 0 Å². The van der Waals surface area contributed by atoms with Gasteiger partial charge < -0.3 is 10.1 Å². The van der Waals surface area contributed by atoms with Crippen LogP contribution in [0.3, 0.4) is 0 Å². The molecule has 8 heteroatoms. The number of fused-ring (bicyclic) bond motifs is 1. The summed E-state index contributed by atoms with van der Waals surface area (Å²) in [6.45, 7) is 9.48. The Morgan fingerprint density at radius 2 is 2.24 bits per heavy atom. The Morgan fingerprint density at radius 1 is 1.45 bits per heavy atom. The number of aryl methyl sites for hydroxylation is 2. The standard InChI is InChI=1S/C21H31N3O3S2/c1-5-8-13(3)22-17(25)12-28-21-23-19-18(16(6-2)14(4)29-19)20(26)24(21)11-15-9-7-10-27-15/h13,15H,5-12H2,1-4H3,(H,22,25). The van der Waals surface area contributed by atoms with Crippen LogP contribution in [0.1, 0.15) is 56.9 Å². The second-order valence-electron chi connectivity index (χ2n) is 7.66. The van der Waals surface area contributed by atoms with E-state index in [9.17, 15) is 9.59 Å². The Bertz CT molecular complexity index is 916. The Morgan fingerprint density at radius 3 is 2.90 bits per heavy atom. The molecule has 1 saturated heterocycles. The van der Waals surface area contributed by atoms with Gasteiger partial charge in [0, 0.05) is 17.5 Å². The van der Waals surface area contributed by atoms with Crippen LogP contribution in [0.25, 0.3) is 10.2 Å². The van der Waals surface area contributed by atoms with Crippen molar-refractivity contribution in [3.63, 3.8) is 0 Å². The summed E-state index contributed by atoms with van der Waals surface area (Å²) >= 11 is 2.91. The lowest BCUT2D eigenvalue weighted by atomic mass is 10.1. The lowest BCUT2D eigenvalue weighted by Gasteiger charge is -2.16. The van der Waals surface area contributed by atoms with Crippen molar-refractivity contribution < 1.29 is 9.53 Å². The van der Waals surface area contributed by atoms with Gasteiger partial charge in [-0.2, -0.15) is 0 Å². The van der Waals surface area contributed by atoms with E-state index < -0.39 is 0 Å². The molecular weight excluding hydrogens is 406 g/mol. The van der Waals surface area contributed by atoms with Gasteiger partial charge in [-0.15, -0.1) is 11.3 Å². The third-order valence-electron chi connectivity index (χ3n) is 5.30. The molecule has 0 spiro atoms. The molecular formula is C21H31N3O3S2. The summed E-state index contributed by atoms with van der Waals surface area (Å²) in [4.78, 5) is 32.5. The van der Waals surface area contributed by atoms with Gasteiger partial charge in [-0.05, 0) is 45.1 Å².